The summed E-state index contributed by atoms with van der Waals surface area (Å²) in [6.07, 6.45) is 21.4. The van der Waals surface area contributed by atoms with Crippen molar-refractivity contribution >= 4 is 26.5 Å². The molecular weight excluding hydrogens is 422 g/mol. The van der Waals surface area contributed by atoms with Crippen LogP contribution in [-0.2, 0) is 0 Å². The Morgan fingerprint density at radius 1 is 0.531 bits per heavy atom. The van der Waals surface area contributed by atoms with Crippen LogP contribution in [0, 0.1) is 5.92 Å². The van der Waals surface area contributed by atoms with Crippen molar-refractivity contribution in [3.63, 3.8) is 0 Å². The van der Waals surface area contributed by atoms with Gasteiger partial charge < -0.3 is 0 Å². The molecule has 172 valence electrons. The first-order valence-corrected chi connectivity index (χ1v) is 16.6. The second-order valence-corrected chi connectivity index (χ2v) is 15.9. The molecule has 0 bridgehead atoms. The largest absolute Gasteiger partial charge is 0.100 e. The molecule has 0 N–H and O–H groups in total. The van der Waals surface area contributed by atoms with Crippen LogP contribution in [0.1, 0.15) is 83.5 Å². The van der Waals surface area contributed by atoms with Crippen LogP contribution in [0.15, 0.2) is 60.7 Å². The first kappa shape index (κ1) is 23.1. The Bertz CT molecular complexity index is 735. The molecule has 0 aromatic heterocycles. The molecule has 32 heavy (non-hydrogen) atoms. The lowest BCUT2D eigenvalue weighted by atomic mass is 9.99. The van der Waals surface area contributed by atoms with Crippen LogP contribution in [0.4, 0.5) is 0 Å². The number of hydrogen-bond acceptors (Lipinski definition) is 0. The van der Waals surface area contributed by atoms with Gasteiger partial charge in [0, 0.05) is 0 Å². The van der Waals surface area contributed by atoms with Crippen LogP contribution in [0.3, 0.4) is 0 Å². The van der Waals surface area contributed by atoms with E-state index in [4.69, 9.17) is 0 Å². The zero-order valence-corrected chi connectivity index (χ0v) is 21.7. The molecule has 0 nitrogen and oxygen atoms in total. The minimum atomic E-state index is -0.246. The van der Waals surface area contributed by atoms with Crippen molar-refractivity contribution in [1.29, 1.82) is 0 Å². The standard InChI is InChI=1S/C30H42P2/c1-5-15-26(16-6-1)31(27-17-7-2-8-18-27)24-25-14-13-23-30(25)32(28-19-9-3-10-20-28)29-21-11-4-12-22-29/h3-4,9-12,19-22,25-27,30H,1-2,5-8,13-18,23-24H2. The lowest BCUT2D eigenvalue weighted by Crippen LogP contribution is -2.29. The second-order valence-electron chi connectivity index (χ2n) is 10.6. The molecule has 0 radical (unpaired) electrons. The van der Waals surface area contributed by atoms with Crippen molar-refractivity contribution in [2.45, 2.75) is 100 Å². The molecule has 0 aliphatic heterocycles. The molecule has 2 heteroatoms. The van der Waals surface area contributed by atoms with E-state index in [0.717, 1.165) is 22.9 Å². The van der Waals surface area contributed by atoms with Gasteiger partial charge >= 0.3 is 0 Å². The topological polar surface area (TPSA) is 0 Å². The number of hydrogen-bond donors (Lipinski definition) is 0. The Hall–Kier alpha value is -0.700. The molecule has 3 fully saturated rings. The molecule has 2 aromatic carbocycles. The normalized spacial score (nSPS) is 25.6. The van der Waals surface area contributed by atoms with E-state index in [9.17, 15) is 0 Å². The second kappa shape index (κ2) is 11.6. The Kier molecular flexibility index (Phi) is 8.38. The van der Waals surface area contributed by atoms with E-state index in [-0.39, 0.29) is 15.8 Å². The minimum Gasteiger partial charge on any atom is -0.100 e. The summed E-state index contributed by atoms with van der Waals surface area (Å²) in [6, 6.07) is 23.2. The molecule has 3 aliphatic carbocycles. The van der Waals surface area contributed by atoms with Crippen LogP contribution >= 0.6 is 15.8 Å². The summed E-state index contributed by atoms with van der Waals surface area (Å²) in [7, 11) is -0.0333. The van der Waals surface area contributed by atoms with Gasteiger partial charge in [-0.2, -0.15) is 0 Å². The van der Waals surface area contributed by atoms with Gasteiger partial charge in [-0.3, -0.25) is 0 Å². The highest BCUT2D eigenvalue weighted by atomic mass is 31.1. The molecule has 2 unspecified atom stereocenters. The van der Waals surface area contributed by atoms with E-state index in [0.29, 0.717) is 0 Å². The Labute approximate surface area is 199 Å². The quantitative estimate of drug-likeness (QED) is 0.361. The maximum absolute atomic E-state index is 2.43. The number of benzene rings is 2. The summed E-state index contributed by atoms with van der Waals surface area (Å²) >= 11 is 0. The molecule has 0 saturated heterocycles. The zero-order chi connectivity index (χ0) is 21.6. The Balaban J connectivity index is 1.41. The summed E-state index contributed by atoms with van der Waals surface area (Å²) < 4.78 is 0. The van der Waals surface area contributed by atoms with Crippen molar-refractivity contribution in [3.05, 3.63) is 60.7 Å². The molecular formula is C30H42P2. The Morgan fingerprint density at radius 3 is 1.53 bits per heavy atom. The van der Waals surface area contributed by atoms with Crippen LogP contribution < -0.4 is 10.6 Å². The monoisotopic (exact) mass is 464 g/mol. The molecule has 0 spiro atoms. The van der Waals surface area contributed by atoms with Crippen LogP contribution in [0.2, 0.25) is 0 Å². The maximum atomic E-state index is 2.43. The van der Waals surface area contributed by atoms with E-state index in [1.807, 2.05) is 0 Å². The first-order valence-electron chi connectivity index (χ1n) is 13.6. The first-order chi connectivity index (χ1) is 15.9. The van der Waals surface area contributed by atoms with Crippen molar-refractivity contribution in [3.8, 4) is 0 Å². The molecule has 3 saturated carbocycles. The summed E-state index contributed by atoms with van der Waals surface area (Å²) in [6.45, 7) is 0. The van der Waals surface area contributed by atoms with Gasteiger partial charge in [0.25, 0.3) is 0 Å². The average Bonchev–Trinajstić information content (AvgIpc) is 3.33. The summed E-state index contributed by atoms with van der Waals surface area (Å²) in [5.74, 6) is 0.969. The van der Waals surface area contributed by atoms with Crippen molar-refractivity contribution in [2.24, 2.45) is 5.92 Å². The van der Waals surface area contributed by atoms with Crippen molar-refractivity contribution in [1.82, 2.24) is 0 Å². The predicted octanol–water partition coefficient (Wildman–Crippen LogP) is 8.44. The van der Waals surface area contributed by atoms with Gasteiger partial charge in [0.1, 0.15) is 0 Å². The molecule has 5 rings (SSSR count). The number of rotatable bonds is 7. The highest BCUT2D eigenvalue weighted by Crippen LogP contribution is 2.60. The van der Waals surface area contributed by atoms with Crippen molar-refractivity contribution in [2.75, 3.05) is 6.16 Å². The van der Waals surface area contributed by atoms with Crippen LogP contribution in [0.25, 0.3) is 0 Å². The van der Waals surface area contributed by atoms with E-state index >= 15 is 0 Å². The van der Waals surface area contributed by atoms with E-state index in [1.54, 1.807) is 42.5 Å². The van der Waals surface area contributed by atoms with Gasteiger partial charge in [0.05, 0.1) is 0 Å². The van der Waals surface area contributed by atoms with Gasteiger partial charge in [-0.25, -0.2) is 0 Å². The highest BCUT2D eigenvalue weighted by Gasteiger charge is 2.39. The SMILES string of the molecule is c1ccc(P(c2ccccc2)C2CCCC2CP(C2CCCCC2)C2CCCCC2)cc1. The van der Waals surface area contributed by atoms with E-state index < -0.39 is 0 Å². The fourth-order valence-corrected chi connectivity index (χ4v) is 14.5. The van der Waals surface area contributed by atoms with Gasteiger partial charge in [-0.05, 0) is 86.1 Å². The molecule has 3 aliphatic rings. The van der Waals surface area contributed by atoms with Gasteiger partial charge in [0.15, 0.2) is 0 Å². The van der Waals surface area contributed by atoms with Gasteiger partial charge in [0.2, 0.25) is 0 Å². The fourth-order valence-electron chi connectivity index (χ4n) is 6.97. The van der Waals surface area contributed by atoms with E-state index in [2.05, 4.69) is 60.7 Å². The third-order valence-corrected chi connectivity index (χ3v) is 15.4. The summed E-state index contributed by atoms with van der Waals surface area (Å²) in [5.41, 5.74) is 3.09. The van der Waals surface area contributed by atoms with Crippen LogP contribution in [0.5, 0.6) is 0 Å². The summed E-state index contributed by atoms with van der Waals surface area (Å²) in [4.78, 5) is 0. The van der Waals surface area contributed by atoms with E-state index in [1.165, 1.54) is 57.8 Å². The third kappa shape index (κ3) is 5.50. The molecule has 0 heterocycles. The lowest BCUT2D eigenvalue weighted by molar-refractivity contribution is 0.479. The molecule has 2 aromatic rings. The molecule has 2 atom stereocenters. The average molecular weight is 465 g/mol. The predicted molar refractivity (Wildman–Crippen MR) is 146 cm³/mol. The van der Waals surface area contributed by atoms with Crippen molar-refractivity contribution < 1.29 is 0 Å². The minimum absolute atomic E-state index is 0.213. The lowest BCUT2D eigenvalue weighted by Gasteiger charge is -2.41. The van der Waals surface area contributed by atoms with Gasteiger partial charge in [-0.15, -0.1) is 7.92 Å². The highest BCUT2D eigenvalue weighted by molar-refractivity contribution is 7.73. The maximum Gasteiger partial charge on any atom is -0.00971 e. The zero-order valence-electron chi connectivity index (χ0n) is 19.9. The molecule has 0 amide bonds. The third-order valence-electron chi connectivity index (χ3n) is 8.55. The Morgan fingerprint density at radius 2 is 1.03 bits per heavy atom. The summed E-state index contributed by atoms with van der Waals surface area (Å²) in [5, 5.41) is 3.23. The fraction of sp³-hybridized carbons (Fsp3) is 0.600. The van der Waals surface area contributed by atoms with Gasteiger partial charge in [-0.1, -0.05) is 106 Å². The van der Waals surface area contributed by atoms with Crippen LogP contribution in [-0.4, -0.2) is 23.1 Å². The smallest absolute Gasteiger partial charge is 0.00971 e.